The molecule has 0 radical (unpaired) electrons. The van der Waals surface area contributed by atoms with Crippen LogP contribution in [0.4, 0.5) is 0 Å². The number of benzene rings is 1. The Labute approximate surface area is 128 Å². The topological polar surface area (TPSA) is 82.2 Å². The lowest BCUT2D eigenvalue weighted by molar-refractivity contribution is -0.150. The molecule has 0 bridgehead atoms. The van der Waals surface area contributed by atoms with Gasteiger partial charge in [-0.25, -0.2) is 0 Å². The molecule has 1 saturated carbocycles. The van der Waals surface area contributed by atoms with Crippen molar-refractivity contribution < 1.29 is 14.7 Å². The number of hydrogen-bond acceptors (Lipinski definition) is 2. The number of H-pyrrole nitrogens is 1. The summed E-state index contributed by atoms with van der Waals surface area (Å²) in [6.45, 7) is 0.191. The van der Waals surface area contributed by atoms with Crippen molar-refractivity contribution in [1.29, 1.82) is 0 Å². The summed E-state index contributed by atoms with van der Waals surface area (Å²) in [6.07, 6.45) is 4.17. The second-order valence-electron chi connectivity index (χ2n) is 6.10. The molecule has 0 spiro atoms. The first-order valence-electron chi connectivity index (χ1n) is 7.70. The summed E-state index contributed by atoms with van der Waals surface area (Å²) < 4.78 is 0. The van der Waals surface area contributed by atoms with Crippen LogP contribution < -0.4 is 5.32 Å². The third-order valence-corrected chi connectivity index (χ3v) is 4.63. The molecule has 5 nitrogen and oxygen atoms in total. The van der Waals surface area contributed by atoms with Crippen molar-refractivity contribution >= 4 is 22.8 Å². The summed E-state index contributed by atoms with van der Waals surface area (Å²) in [6, 6.07) is 9.45. The van der Waals surface area contributed by atoms with Crippen molar-refractivity contribution in [2.45, 2.75) is 32.1 Å². The highest BCUT2D eigenvalue weighted by atomic mass is 16.4. The van der Waals surface area contributed by atoms with E-state index in [1.807, 2.05) is 24.3 Å². The number of para-hydroxylation sites is 1. The first kappa shape index (κ1) is 14.6. The highest BCUT2D eigenvalue weighted by molar-refractivity contribution is 5.98. The number of amides is 1. The number of aromatic amines is 1. The first-order chi connectivity index (χ1) is 10.6. The Bertz CT molecular complexity index is 666. The van der Waals surface area contributed by atoms with Crippen LogP contribution in [-0.4, -0.2) is 28.5 Å². The molecule has 22 heavy (non-hydrogen) atoms. The molecule has 0 saturated heterocycles. The van der Waals surface area contributed by atoms with Gasteiger partial charge in [0.05, 0.1) is 5.41 Å². The molecular weight excluding hydrogens is 280 g/mol. The zero-order valence-corrected chi connectivity index (χ0v) is 12.4. The summed E-state index contributed by atoms with van der Waals surface area (Å²) in [5.41, 5.74) is 0.565. The number of fused-ring (bicyclic) bond motifs is 1. The summed E-state index contributed by atoms with van der Waals surface area (Å²) in [4.78, 5) is 27.0. The Balaban J connectivity index is 1.72. The van der Waals surface area contributed by atoms with E-state index in [1.54, 1.807) is 6.07 Å². The number of carbonyl (C=O) groups excluding carboxylic acids is 1. The fourth-order valence-electron chi connectivity index (χ4n) is 3.24. The molecule has 1 amide bonds. The molecule has 1 fully saturated rings. The number of carbonyl (C=O) groups is 2. The molecule has 3 rings (SSSR count). The second kappa shape index (κ2) is 5.83. The minimum absolute atomic E-state index is 0.191. The van der Waals surface area contributed by atoms with Gasteiger partial charge in [-0.05, 0) is 25.0 Å². The van der Waals surface area contributed by atoms with Gasteiger partial charge >= 0.3 is 5.97 Å². The van der Waals surface area contributed by atoms with Crippen LogP contribution >= 0.6 is 0 Å². The minimum atomic E-state index is -0.806. The molecule has 2 aromatic rings. The normalized spacial score (nSPS) is 17.3. The van der Waals surface area contributed by atoms with Gasteiger partial charge in [0.25, 0.3) is 5.91 Å². The lowest BCUT2D eigenvalue weighted by Crippen LogP contribution is -2.44. The Hall–Kier alpha value is -2.30. The highest BCUT2D eigenvalue weighted by Gasteiger charge is 2.39. The van der Waals surface area contributed by atoms with E-state index in [-0.39, 0.29) is 12.5 Å². The third kappa shape index (κ3) is 2.71. The number of aromatic nitrogens is 1. The van der Waals surface area contributed by atoms with Crippen molar-refractivity contribution in [2.24, 2.45) is 5.41 Å². The van der Waals surface area contributed by atoms with Crippen LogP contribution in [-0.2, 0) is 4.79 Å². The van der Waals surface area contributed by atoms with Crippen molar-refractivity contribution in [3.05, 3.63) is 36.0 Å². The second-order valence-corrected chi connectivity index (χ2v) is 6.10. The fourth-order valence-corrected chi connectivity index (χ4v) is 3.24. The summed E-state index contributed by atoms with van der Waals surface area (Å²) in [5.74, 6) is -1.05. The molecule has 5 heteroatoms. The molecule has 1 aromatic carbocycles. The predicted octanol–water partition coefficient (Wildman–Crippen LogP) is 2.93. The van der Waals surface area contributed by atoms with E-state index >= 15 is 0 Å². The van der Waals surface area contributed by atoms with Crippen molar-refractivity contribution in [2.75, 3.05) is 6.54 Å². The van der Waals surface area contributed by atoms with Crippen LogP contribution in [0.2, 0.25) is 0 Å². The summed E-state index contributed by atoms with van der Waals surface area (Å²) in [7, 11) is 0. The molecule has 1 heterocycles. The van der Waals surface area contributed by atoms with Gasteiger partial charge < -0.3 is 15.4 Å². The molecule has 1 aliphatic carbocycles. The maximum absolute atomic E-state index is 12.3. The lowest BCUT2D eigenvalue weighted by atomic mass is 9.74. The van der Waals surface area contributed by atoms with Crippen LogP contribution in [0.3, 0.4) is 0 Å². The van der Waals surface area contributed by atoms with Crippen LogP contribution in [0.5, 0.6) is 0 Å². The minimum Gasteiger partial charge on any atom is -0.481 e. The lowest BCUT2D eigenvalue weighted by Gasteiger charge is -2.33. The number of hydrogen-bond donors (Lipinski definition) is 3. The Morgan fingerprint density at radius 3 is 2.59 bits per heavy atom. The van der Waals surface area contributed by atoms with E-state index in [9.17, 15) is 14.7 Å². The predicted molar refractivity (Wildman–Crippen MR) is 83.8 cm³/mol. The van der Waals surface area contributed by atoms with Gasteiger partial charge in [-0.3, -0.25) is 9.59 Å². The van der Waals surface area contributed by atoms with Crippen molar-refractivity contribution in [3.8, 4) is 0 Å². The monoisotopic (exact) mass is 300 g/mol. The van der Waals surface area contributed by atoms with E-state index in [0.717, 1.165) is 30.2 Å². The molecule has 1 aromatic heterocycles. The molecule has 116 valence electrons. The largest absolute Gasteiger partial charge is 0.481 e. The van der Waals surface area contributed by atoms with Crippen LogP contribution in [0, 0.1) is 5.41 Å². The molecular formula is C17H20N2O3. The Kier molecular flexibility index (Phi) is 3.88. The van der Waals surface area contributed by atoms with Gasteiger partial charge in [0.15, 0.2) is 0 Å². The number of aliphatic carboxylic acids is 1. The van der Waals surface area contributed by atoms with E-state index in [1.165, 1.54) is 0 Å². The number of rotatable bonds is 4. The molecule has 1 aliphatic rings. The van der Waals surface area contributed by atoms with Gasteiger partial charge in [0, 0.05) is 17.4 Å². The maximum atomic E-state index is 12.3. The van der Waals surface area contributed by atoms with Gasteiger partial charge in [-0.1, -0.05) is 37.5 Å². The maximum Gasteiger partial charge on any atom is 0.311 e. The quantitative estimate of drug-likeness (QED) is 0.812. The Morgan fingerprint density at radius 1 is 1.18 bits per heavy atom. The first-order valence-corrected chi connectivity index (χ1v) is 7.70. The van der Waals surface area contributed by atoms with E-state index in [2.05, 4.69) is 10.3 Å². The van der Waals surface area contributed by atoms with E-state index in [4.69, 9.17) is 0 Å². The van der Waals surface area contributed by atoms with Crippen LogP contribution in [0.25, 0.3) is 10.9 Å². The molecule has 3 N–H and O–H groups in total. The zero-order chi connectivity index (χ0) is 15.6. The van der Waals surface area contributed by atoms with Gasteiger partial charge in [-0.15, -0.1) is 0 Å². The van der Waals surface area contributed by atoms with E-state index < -0.39 is 11.4 Å². The average molecular weight is 300 g/mol. The van der Waals surface area contributed by atoms with E-state index in [0.29, 0.717) is 18.5 Å². The molecule has 0 atom stereocenters. The van der Waals surface area contributed by atoms with Crippen molar-refractivity contribution in [1.82, 2.24) is 10.3 Å². The summed E-state index contributed by atoms with van der Waals surface area (Å²) >= 11 is 0. The zero-order valence-electron chi connectivity index (χ0n) is 12.4. The fraction of sp³-hybridized carbons (Fsp3) is 0.412. The number of carboxylic acid groups (broad SMARTS) is 1. The molecule has 0 aliphatic heterocycles. The molecule has 0 unspecified atom stereocenters. The third-order valence-electron chi connectivity index (χ3n) is 4.63. The number of nitrogens with one attached hydrogen (secondary N) is 2. The van der Waals surface area contributed by atoms with Gasteiger partial charge in [-0.2, -0.15) is 0 Å². The number of carboxylic acids is 1. The highest BCUT2D eigenvalue weighted by Crippen LogP contribution is 2.36. The summed E-state index contributed by atoms with van der Waals surface area (Å²) in [5, 5.41) is 13.3. The smallest absolute Gasteiger partial charge is 0.311 e. The average Bonchev–Trinajstić information content (AvgIpc) is 2.97. The standard InChI is InChI=1S/C17H20N2O3/c20-15(14-10-12-6-2-3-7-13(12)19-14)18-11-17(16(21)22)8-4-1-5-9-17/h2-3,6-7,10,19H,1,4-5,8-9,11H2,(H,18,20)(H,21,22). The SMILES string of the molecule is O=C(NCC1(C(=O)O)CCCCC1)c1cc2ccccc2[nH]1. The van der Waals surface area contributed by atoms with Crippen LogP contribution in [0.1, 0.15) is 42.6 Å². The van der Waals surface area contributed by atoms with Crippen LogP contribution in [0.15, 0.2) is 30.3 Å². The van der Waals surface area contributed by atoms with Gasteiger partial charge in [0.2, 0.25) is 0 Å². The van der Waals surface area contributed by atoms with Gasteiger partial charge in [0.1, 0.15) is 5.69 Å². The van der Waals surface area contributed by atoms with Crippen molar-refractivity contribution in [3.63, 3.8) is 0 Å². The Morgan fingerprint density at radius 2 is 1.91 bits per heavy atom.